The molecule has 1 saturated heterocycles. The van der Waals surface area contributed by atoms with Crippen molar-refractivity contribution in [3.05, 3.63) is 76.0 Å². The van der Waals surface area contributed by atoms with Gasteiger partial charge in [0.1, 0.15) is 11.5 Å². The molecular weight excluding hydrogens is 569 g/mol. The van der Waals surface area contributed by atoms with Crippen molar-refractivity contribution in [2.45, 2.75) is 18.8 Å². The summed E-state index contributed by atoms with van der Waals surface area (Å²) in [4.78, 5) is 46.2. The molecule has 9 nitrogen and oxygen atoms in total. The highest BCUT2D eigenvalue weighted by Crippen LogP contribution is 2.27. The number of likely N-dealkylation sites (tertiary alicyclic amines) is 1. The van der Waals surface area contributed by atoms with Gasteiger partial charge in [0.15, 0.2) is 5.69 Å². The zero-order valence-corrected chi connectivity index (χ0v) is 21.6. The molecule has 3 aromatic rings. The number of benzene rings is 2. The van der Waals surface area contributed by atoms with E-state index in [4.69, 9.17) is 0 Å². The van der Waals surface area contributed by atoms with E-state index in [0.29, 0.717) is 22.4 Å². The van der Waals surface area contributed by atoms with Gasteiger partial charge in [-0.3, -0.25) is 14.4 Å². The molecule has 0 aliphatic carbocycles. The van der Waals surface area contributed by atoms with Crippen molar-refractivity contribution < 1.29 is 27.6 Å². The van der Waals surface area contributed by atoms with Crippen molar-refractivity contribution in [2.24, 2.45) is 0 Å². The molecule has 200 valence electrons. The maximum Gasteiger partial charge on any atom is 0.276 e. The number of hydrogen-bond donors (Lipinski definition) is 4. The standard InChI is InChI=1S/C25H24BrF3N6O3/c26-19-13-15(27)1-6-18(19)22(36)33-16-2-4-17(5-3-16)34-24(38)21-20(31-14-32-21)23(37)30-9-12-35-10-7-25(28,29)8-11-35/h1-6,13-14H,7-12H2,(H,30,37)(H,31,32)(H,33,36)(H,34,38). The van der Waals surface area contributed by atoms with E-state index >= 15 is 0 Å². The number of piperidine rings is 1. The first-order valence-electron chi connectivity index (χ1n) is 11.7. The lowest BCUT2D eigenvalue weighted by Gasteiger charge is -2.31. The summed E-state index contributed by atoms with van der Waals surface area (Å²) in [6.07, 6.45) is 0.819. The summed E-state index contributed by atoms with van der Waals surface area (Å²) < 4.78 is 40.1. The van der Waals surface area contributed by atoms with Crippen molar-refractivity contribution in [3.8, 4) is 0 Å². The Morgan fingerprint density at radius 2 is 1.61 bits per heavy atom. The van der Waals surface area contributed by atoms with Gasteiger partial charge in [0, 0.05) is 54.9 Å². The third-order valence-corrected chi connectivity index (χ3v) is 6.62. The van der Waals surface area contributed by atoms with E-state index in [2.05, 4.69) is 41.8 Å². The number of aromatic amines is 1. The molecule has 2 aromatic carbocycles. The lowest BCUT2D eigenvalue weighted by Crippen LogP contribution is -2.43. The monoisotopic (exact) mass is 592 g/mol. The minimum atomic E-state index is -2.63. The number of imidazole rings is 1. The Hall–Kier alpha value is -3.71. The smallest absolute Gasteiger partial charge is 0.276 e. The summed E-state index contributed by atoms with van der Waals surface area (Å²) in [6.45, 7) is 1.16. The van der Waals surface area contributed by atoms with Crippen molar-refractivity contribution in [2.75, 3.05) is 36.8 Å². The van der Waals surface area contributed by atoms with Crippen LogP contribution < -0.4 is 16.0 Å². The quantitative estimate of drug-likeness (QED) is 0.311. The van der Waals surface area contributed by atoms with Gasteiger partial charge in [0.05, 0.1) is 11.9 Å². The van der Waals surface area contributed by atoms with Gasteiger partial charge in [0.25, 0.3) is 23.6 Å². The molecule has 4 N–H and O–H groups in total. The van der Waals surface area contributed by atoms with Crippen LogP contribution in [-0.2, 0) is 0 Å². The van der Waals surface area contributed by atoms with Crippen LogP contribution in [0.2, 0.25) is 0 Å². The maximum absolute atomic E-state index is 13.3. The van der Waals surface area contributed by atoms with Crippen molar-refractivity contribution in [1.29, 1.82) is 0 Å². The van der Waals surface area contributed by atoms with Crippen molar-refractivity contribution in [1.82, 2.24) is 20.2 Å². The van der Waals surface area contributed by atoms with E-state index in [-0.39, 0.29) is 49.4 Å². The molecule has 13 heteroatoms. The topological polar surface area (TPSA) is 119 Å². The number of alkyl halides is 2. The summed E-state index contributed by atoms with van der Waals surface area (Å²) in [5.74, 6) is -4.72. The number of rotatable bonds is 8. The molecule has 0 radical (unpaired) electrons. The molecule has 38 heavy (non-hydrogen) atoms. The molecule has 0 unspecified atom stereocenters. The second-order valence-electron chi connectivity index (χ2n) is 8.69. The van der Waals surface area contributed by atoms with Gasteiger partial charge in [-0.05, 0) is 58.4 Å². The maximum atomic E-state index is 13.3. The molecule has 0 bridgehead atoms. The Kier molecular flexibility index (Phi) is 8.47. The normalized spacial score (nSPS) is 15.1. The van der Waals surface area contributed by atoms with Crippen LogP contribution in [0.4, 0.5) is 24.5 Å². The number of carbonyl (C=O) groups excluding carboxylic acids is 3. The zero-order valence-electron chi connectivity index (χ0n) is 20.0. The summed E-state index contributed by atoms with van der Waals surface area (Å²) in [7, 11) is 0. The molecule has 0 atom stereocenters. The number of nitrogens with zero attached hydrogens (tertiary/aromatic N) is 2. The first-order valence-corrected chi connectivity index (χ1v) is 12.5. The molecular formula is C25H24BrF3N6O3. The Bertz CT molecular complexity index is 1320. The Labute approximate surface area is 224 Å². The number of amides is 3. The molecule has 0 spiro atoms. The second kappa shape index (κ2) is 11.8. The molecule has 1 aliphatic heterocycles. The third-order valence-electron chi connectivity index (χ3n) is 5.96. The minimum Gasteiger partial charge on any atom is -0.349 e. The number of hydrogen-bond acceptors (Lipinski definition) is 5. The van der Waals surface area contributed by atoms with Gasteiger partial charge in [-0.2, -0.15) is 0 Å². The van der Waals surface area contributed by atoms with Gasteiger partial charge in [0.2, 0.25) is 0 Å². The molecule has 4 rings (SSSR count). The predicted octanol–water partition coefficient (Wildman–Crippen LogP) is 4.28. The SMILES string of the molecule is O=C(Nc1ccc(NC(=O)c2nc[nH]c2C(=O)NCCN2CCC(F)(F)CC2)cc1)c1ccc(F)cc1Br. The average Bonchev–Trinajstić information content (AvgIpc) is 3.36. The van der Waals surface area contributed by atoms with Crippen LogP contribution in [0.3, 0.4) is 0 Å². The van der Waals surface area contributed by atoms with Crippen LogP contribution in [0.25, 0.3) is 0 Å². The number of halogens is 4. The Morgan fingerprint density at radius 3 is 2.24 bits per heavy atom. The third kappa shape index (κ3) is 6.98. The van der Waals surface area contributed by atoms with Gasteiger partial charge < -0.3 is 25.8 Å². The van der Waals surface area contributed by atoms with Crippen LogP contribution in [0.15, 0.2) is 53.3 Å². The molecule has 1 fully saturated rings. The van der Waals surface area contributed by atoms with E-state index in [1.54, 1.807) is 24.3 Å². The summed E-state index contributed by atoms with van der Waals surface area (Å²) in [5.41, 5.74) is 0.958. The van der Waals surface area contributed by atoms with Gasteiger partial charge >= 0.3 is 0 Å². The van der Waals surface area contributed by atoms with E-state index < -0.39 is 29.5 Å². The highest BCUT2D eigenvalue weighted by molar-refractivity contribution is 9.10. The fourth-order valence-corrected chi connectivity index (χ4v) is 4.39. The van der Waals surface area contributed by atoms with Crippen LogP contribution in [0.1, 0.15) is 44.2 Å². The molecule has 2 heterocycles. The van der Waals surface area contributed by atoms with E-state index in [1.165, 1.54) is 24.5 Å². The number of aromatic nitrogens is 2. The number of H-pyrrole nitrogens is 1. The summed E-state index contributed by atoms with van der Waals surface area (Å²) in [6, 6.07) is 9.98. The van der Waals surface area contributed by atoms with Crippen LogP contribution >= 0.6 is 15.9 Å². The summed E-state index contributed by atoms with van der Waals surface area (Å²) >= 11 is 3.16. The van der Waals surface area contributed by atoms with Crippen molar-refractivity contribution >= 4 is 45.0 Å². The van der Waals surface area contributed by atoms with Crippen LogP contribution in [0, 0.1) is 5.82 Å². The Morgan fingerprint density at radius 1 is 0.974 bits per heavy atom. The lowest BCUT2D eigenvalue weighted by atomic mass is 10.1. The minimum absolute atomic E-state index is 0.0264. The van der Waals surface area contributed by atoms with E-state index in [1.807, 2.05) is 4.90 Å². The van der Waals surface area contributed by atoms with E-state index in [9.17, 15) is 27.6 Å². The number of nitrogens with one attached hydrogen (secondary N) is 4. The lowest BCUT2D eigenvalue weighted by molar-refractivity contribution is -0.0547. The number of carbonyl (C=O) groups is 3. The molecule has 3 amide bonds. The first-order chi connectivity index (χ1) is 18.1. The van der Waals surface area contributed by atoms with Gasteiger partial charge in [-0.25, -0.2) is 18.2 Å². The van der Waals surface area contributed by atoms with Gasteiger partial charge in [-0.15, -0.1) is 0 Å². The molecule has 1 aliphatic rings. The largest absolute Gasteiger partial charge is 0.349 e. The first kappa shape index (κ1) is 27.3. The fraction of sp³-hybridized carbons (Fsp3) is 0.280. The van der Waals surface area contributed by atoms with Crippen LogP contribution in [-0.4, -0.2) is 64.7 Å². The molecule has 1 aromatic heterocycles. The molecule has 0 saturated carbocycles. The average molecular weight is 593 g/mol. The zero-order chi connectivity index (χ0) is 27.3. The number of anilines is 2. The summed E-state index contributed by atoms with van der Waals surface area (Å²) in [5, 5.41) is 8.00. The Balaban J connectivity index is 1.29. The van der Waals surface area contributed by atoms with Gasteiger partial charge in [-0.1, -0.05) is 0 Å². The van der Waals surface area contributed by atoms with E-state index in [0.717, 1.165) is 0 Å². The fourth-order valence-electron chi connectivity index (χ4n) is 3.86. The highest BCUT2D eigenvalue weighted by Gasteiger charge is 2.33. The van der Waals surface area contributed by atoms with Crippen LogP contribution in [0.5, 0.6) is 0 Å². The predicted molar refractivity (Wildman–Crippen MR) is 138 cm³/mol. The second-order valence-corrected chi connectivity index (χ2v) is 9.54. The van der Waals surface area contributed by atoms with Crippen molar-refractivity contribution in [3.63, 3.8) is 0 Å². The highest BCUT2D eigenvalue weighted by atomic mass is 79.9.